The maximum absolute atomic E-state index is 11.2. The van der Waals surface area contributed by atoms with Gasteiger partial charge in [0.1, 0.15) is 0 Å². The van der Waals surface area contributed by atoms with Gasteiger partial charge in [0.2, 0.25) is 0 Å². The summed E-state index contributed by atoms with van der Waals surface area (Å²) >= 11 is 1.60. The molecule has 0 fully saturated rings. The molecule has 0 radical (unpaired) electrons. The van der Waals surface area contributed by atoms with Crippen molar-refractivity contribution in [2.75, 3.05) is 0 Å². The Bertz CT molecular complexity index is 341. The fourth-order valence-electron chi connectivity index (χ4n) is 1.46. The van der Waals surface area contributed by atoms with Gasteiger partial charge in [-0.2, -0.15) is 0 Å². The van der Waals surface area contributed by atoms with Crippen LogP contribution in [0.15, 0.2) is 4.79 Å². The maximum Gasteiger partial charge on any atom is 0.268 e. The van der Waals surface area contributed by atoms with E-state index in [-0.39, 0.29) is 10.8 Å². The molecule has 0 aliphatic carbocycles. The van der Waals surface area contributed by atoms with E-state index >= 15 is 0 Å². The van der Waals surface area contributed by atoms with Crippen LogP contribution in [0.5, 0.6) is 0 Å². The minimum absolute atomic E-state index is 0.0602. The van der Waals surface area contributed by atoms with E-state index in [2.05, 4.69) is 10.2 Å². The highest BCUT2D eigenvalue weighted by atomic mass is 32.2. The van der Waals surface area contributed by atoms with Crippen LogP contribution in [-0.2, 0) is 5.75 Å². The van der Waals surface area contributed by atoms with E-state index in [9.17, 15) is 9.90 Å². The summed E-state index contributed by atoms with van der Waals surface area (Å²) in [7, 11) is 0. The lowest BCUT2D eigenvalue weighted by Crippen LogP contribution is -2.16. The zero-order chi connectivity index (χ0) is 8.72. The first-order valence-electron chi connectivity index (χ1n) is 3.79. The van der Waals surface area contributed by atoms with Gasteiger partial charge in [-0.15, -0.1) is 11.8 Å². The average molecular weight is 186 g/mol. The van der Waals surface area contributed by atoms with Crippen molar-refractivity contribution in [3.05, 3.63) is 21.6 Å². The summed E-state index contributed by atoms with van der Waals surface area (Å²) in [4.78, 5) is 11.2. The molecule has 0 amide bonds. The zero-order valence-corrected chi connectivity index (χ0v) is 7.44. The Kier molecular flexibility index (Phi) is 1.77. The van der Waals surface area contributed by atoms with Crippen LogP contribution < -0.4 is 5.56 Å². The number of thioether (sulfide) groups is 1. The summed E-state index contributed by atoms with van der Waals surface area (Å²) in [6.45, 7) is 1.71. The second kappa shape index (κ2) is 2.67. The fraction of sp³-hybridized carbons (Fsp3) is 0.571. The van der Waals surface area contributed by atoms with Crippen LogP contribution in [0.3, 0.4) is 0 Å². The first kappa shape index (κ1) is 7.94. The number of rotatable bonds is 1. The number of aromatic amines is 2. The molecular weight excluding hydrogens is 176 g/mol. The average Bonchev–Trinajstić information content (AvgIpc) is 2.53. The van der Waals surface area contributed by atoms with Gasteiger partial charge < -0.3 is 10.2 Å². The molecule has 1 aliphatic rings. The zero-order valence-electron chi connectivity index (χ0n) is 6.63. The van der Waals surface area contributed by atoms with E-state index < -0.39 is 6.10 Å². The third kappa shape index (κ3) is 1.01. The van der Waals surface area contributed by atoms with E-state index in [1.807, 2.05) is 0 Å². The molecule has 2 rings (SSSR count). The third-order valence-corrected chi connectivity index (χ3v) is 3.47. The topological polar surface area (TPSA) is 68.9 Å². The van der Waals surface area contributed by atoms with Gasteiger partial charge in [-0.3, -0.25) is 9.89 Å². The van der Waals surface area contributed by atoms with Crippen LogP contribution >= 0.6 is 11.8 Å². The van der Waals surface area contributed by atoms with Crippen molar-refractivity contribution >= 4 is 11.8 Å². The molecule has 0 saturated carbocycles. The maximum atomic E-state index is 11.2. The van der Waals surface area contributed by atoms with E-state index in [0.29, 0.717) is 0 Å². The van der Waals surface area contributed by atoms with Crippen molar-refractivity contribution in [1.29, 1.82) is 0 Å². The van der Waals surface area contributed by atoms with Crippen LogP contribution in [0, 0.1) is 0 Å². The summed E-state index contributed by atoms with van der Waals surface area (Å²) in [6, 6.07) is 0. The smallest absolute Gasteiger partial charge is 0.268 e. The Morgan fingerprint density at radius 2 is 2.42 bits per heavy atom. The first-order valence-corrected chi connectivity index (χ1v) is 4.84. The highest BCUT2D eigenvalue weighted by molar-refractivity contribution is 7.99. The summed E-state index contributed by atoms with van der Waals surface area (Å²) in [6.07, 6.45) is -0.465. The lowest BCUT2D eigenvalue weighted by molar-refractivity contribution is 0.192. The largest absolute Gasteiger partial charge is 0.392 e. The summed E-state index contributed by atoms with van der Waals surface area (Å²) in [5.74, 6) is 0.781. The molecule has 1 aliphatic heterocycles. The minimum Gasteiger partial charge on any atom is -0.392 e. The monoisotopic (exact) mass is 186 g/mol. The van der Waals surface area contributed by atoms with Crippen molar-refractivity contribution in [2.24, 2.45) is 0 Å². The number of nitrogens with one attached hydrogen (secondary N) is 2. The molecule has 0 saturated heterocycles. The summed E-state index contributed by atoms with van der Waals surface area (Å²) < 4.78 is 0. The van der Waals surface area contributed by atoms with Crippen LogP contribution in [0.4, 0.5) is 0 Å². The Morgan fingerprint density at radius 1 is 1.67 bits per heavy atom. The highest BCUT2D eigenvalue weighted by Gasteiger charge is 2.30. The number of fused-ring (bicyclic) bond motifs is 1. The van der Waals surface area contributed by atoms with Gasteiger partial charge in [0, 0.05) is 5.75 Å². The van der Waals surface area contributed by atoms with Crippen LogP contribution in [0.2, 0.25) is 0 Å². The molecule has 1 aromatic rings. The summed E-state index contributed by atoms with van der Waals surface area (Å²) in [5.41, 5.74) is 1.55. The van der Waals surface area contributed by atoms with Gasteiger partial charge >= 0.3 is 0 Å². The quantitative estimate of drug-likeness (QED) is 0.593. The normalized spacial score (nSPS) is 24.0. The van der Waals surface area contributed by atoms with Gasteiger partial charge in [0.25, 0.3) is 5.56 Å². The van der Waals surface area contributed by atoms with Crippen molar-refractivity contribution in [3.8, 4) is 0 Å². The number of aliphatic hydroxyl groups excluding tert-OH is 1. The second-order valence-corrected chi connectivity index (χ2v) is 4.07. The first-order chi connectivity index (χ1) is 5.70. The standard InChI is InChI=1S/C7H10N2O2S/c1-3(10)6-5-4(2-12-6)8-9-7(5)11/h3,6,10H,2H2,1H3,(H2,8,9,11)/t3-,6-/m1/s1. The minimum atomic E-state index is -0.465. The molecule has 2 heterocycles. The van der Waals surface area contributed by atoms with Gasteiger partial charge in [-0.25, -0.2) is 0 Å². The Balaban J connectivity index is 2.46. The molecule has 0 bridgehead atoms. The van der Waals surface area contributed by atoms with E-state index in [0.717, 1.165) is 17.0 Å². The van der Waals surface area contributed by atoms with Gasteiger partial charge in [-0.05, 0) is 6.92 Å². The van der Waals surface area contributed by atoms with Crippen molar-refractivity contribution in [3.63, 3.8) is 0 Å². The van der Waals surface area contributed by atoms with Crippen LogP contribution in [0.1, 0.15) is 23.4 Å². The van der Waals surface area contributed by atoms with Gasteiger partial charge in [0.05, 0.1) is 22.6 Å². The Hall–Kier alpha value is -0.680. The molecule has 12 heavy (non-hydrogen) atoms. The Morgan fingerprint density at radius 3 is 3.08 bits per heavy atom. The predicted molar refractivity (Wildman–Crippen MR) is 47.1 cm³/mol. The molecule has 5 heteroatoms. The van der Waals surface area contributed by atoms with Crippen molar-refractivity contribution in [1.82, 2.24) is 10.2 Å². The molecule has 0 aromatic carbocycles. The molecule has 66 valence electrons. The van der Waals surface area contributed by atoms with E-state index in [1.165, 1.54) is 0 Å². The van der Waals surface area contributed by atoms with Crippen LogP contribution in [-0.4, -0.2) is 21.4 Å². The van der Waals surface area contributed by atoms with Crippen molar-refractivity contribution in [2.45, 2.75) is 24.0 Å². The number of aromatic nitrogens is 2. The molecule has 0 spiro atoms. The molecule has 0 unspecified atom stereocenters. The second-order valence-electron chi connectivity index (χ2n) is 2.94. The highest BCUT2D eigenvalue weighted by Crippen LogP contribution is 2.40. The number of hydrogen-bond acceptors (Lipinski definition) is 3. The number of hydrogen-bond donors (Lipinski definition) is 3. The van der Waals surface area contributed by atoms with Crippen LogP contribution in [0.25, 0.3) is 0 Å². The molecular formula is C7H10N2O2S. The molecule has 3 N–H and O–H groups in total. The van der Waals surface area contributed by atoms with E-state index in [4.69, 9.17) is 0 Å². The molecule has 2 atom stereocenters. The number of aliphatic hydroxyl groups is 1. The predicted octanol–water partition coefficient (Wildman–Crippen LogP) is 0.372. The van der Waals surface area contributed by atoms with E-state index in [1.54, 1.807) is 18.7 Å². The lowest BCUT2D eigenvalue weighted by atomic mass is 10.1. The summed E-state index contributed by atoms with van der Waals surface area (Å²) in [5, 5.41) is 14.6. The van der Waals surface area contributed by atoms with Gasteiger partial charge in [-0.1, -0.05) is 0 Å². The molecule has 4 nitrogen and oxygen atoms in total. The SMILES string of the molecule is C[C@@H](O)[C@H]1SCc2[nH][nH]c(=O)c21. The molecule has 1 aromatic heterocycles. The Labute approximate surface area is 73.4 Å². The lowest BCUT2D eigenvalue weighted by Gasteiger charge is -2.10. The third-order valence-electron chi connectivity index (χ3n) is 2.03. The van der Waals surface area contributed by atoms with Gasteiger partial charge in [0.15, 0.2) is 0 Å². The number of H-pyrrole nitrogens is 2. The van der Waals surface area contributed by atoms with Crippen molar-refractivity contribution < 1.29 is 5.11 Å². The fourth-order valence-corrected chi connectivity index (χ4v) is 2.72.